The molecule has 0 unspecified atom stereocenters. The van der Waals surface area contributed by atoms with Crippen LogP contribution in [0.4, 0.5) is 11.4 Å². The Morgan fingerprint density at radius 3 is 2.27 bits per heavy atom. The molecule has 0 spiro atoms. The van der Waals surface area contributed by atoms with E-state index < -0.39 is 0 Å². The smallest absolute Gasteiger partial charge is 0.0606 e. The average molecular weight is 210 g/mol. The monoisotopic (exact) mass is 210 g/mol. The SMILES string of the molecule is Cc1cc(N(CCO)CCO)ccc1N. The second kappa shape index (κ2) is 5.58. The third kappa shape index (κ3) is 3.11. The lowest BCUT2D eigenvalue weighted by atomic mass is 10.1. The molecule has 0 amide bonds. The van der Waals surface area contributed by atoms with Gasteiger partial charge in [0.2, 0.25) is 0 Å². The second-order valence-corrected chi connectivity index (χ2v) is 3.48. The summed E-state index contributed by atoms with van der Waals surface area (Å²) in [4.78, 5) is 1.92. The van der Waals surface area contributed by atoms with Crippen molar-refractivity contribution in [2.24, 2.45) is 0 Å². The zero-order valence-electron chi connectivity index (χ0n) is 8.98. The van der Waals surface area contributed by atoms with Crippen LogP contribution < -0.4 is 10.6 Å². The van der Waals surface area contributed by atoms with Crippen LogP contribution in [0.15, 0.2) is 18.2 Å². The minimum absolute atomic E-state index is 0.0728. The fraction of sp³-hybridized carbons (Fsp3) is 0.455. The molecule has 0 saturated heterocycles. The number of nitrogens with zero attached hydrogens (tertiary/aromatic N) is 1. The number of nitrogen functional groups attached to an aromatic ring is 1. The number of hydrogen-bond donors (Lipinski definition) is 3. The highest BCUT2D eigenvalue weighted by molar-refractivity contribution is 5.58. The van der Waals surface area contributed by atoms with E-state index in [-0.39, 0.29) is 13.2 Å². The number of aryl methyl sites for hydroxylation is 1. The van der Waals surface area contributed by atoms with Gasteiger partial charge in [-0.25, -0.2) is 0 Å². The molecule has 0 radical (unpaired) electrons. The maximum Gasteiger partial charge on any atom is 0.0606 e. The van der Waals surface area contributed by atoms with Crippen molar-refractivity contribution in [1.82, 2.24) is 0 Å². The number of aliphatic hydroxyl groups excluding tert-OH is 2. The van der Waals surface area contributed by atoms with Crippen LogP contribution in [-0.2, 0) is 0 Å². The molecule has 1 aromatic carbocycles. The molecular formula is C11H18N2O2. The summed E-state index contributed by atoms with van der Waals surface area (Å²) in [5, 5.41) is 17.8. The number of aliphatic hydroxyl groups is 2. The maximum atomic E-state index is 8.90. The normalized spacial score (nSPS) is 10.3. The van der Waals surface area contributed by atoms with E-state index in [0.717, 1.165) is 16.9 Å². The van der Waals surface area contributed by atoms with E-state index in [1.54, 1.807) is 0 Å². The summed E-state index contributed by atoms with van der Waals surface area (Å²) in [6, 6.07) is 5.70. The Bertz CT molecular complexity index is 309. The van der Waals surface area contributed by atoms with Crippen molar-refractivity contribution >= 4 is 11.4 Å². The second-order valence-electron chi connectivity index (χ2n) is 3.48. The predicted octanol–water partition coefficient (Wildman–Crippen LogP) is 0.368. The van der Waals surface area contributed by atoms with Gasteiger partial charge >= 0.3 is 0 Å². The molecule has 0 fully saturated rings. The van der Waals surface area contributed by atoms with Gasteiger partial charge < -0.3 is 20.8 Å². The molecule has 0 aliphatic carbocycles. The van der Waals surface area contributed by atoms with E-state index in [1.807, 2.05) is 30.0 Å². The number of anilines is 2. The fourth-order valence-electron chi connectivity index (χ4n) is 1.47. The summed E-state index contributed by atoms with van der Waals surface area (Å²) in [6.07, 6.45) is 0. The molecule has 0 aromatic heterocycles. The number of hydrogen-bond acceptors (Lipinski definition) is 4. The molecule has 4 heteroatoms. The van der Waals surface area contributed by atoms with Crippen molar-refractivity contribution < 1.29 is 10.2 Å². The Balaban J connectivity index is 2.85. The lowest BCUT2D eigenvalue weighted by molar-refractivity contribution is 0.281. The first-order valence-electron chi connectivity index (χ1n) is 5.02. The van der Waals surface area contributed by atoms with Crippen molar-refractivity contribution in [3.63, 3.8) is 0 Å². The molecule has 4 nitrogen and oxygen atoms in total. The van der Waals surface area contributed by atoms with Crippen LogP contribution in [0, 0.1) is 6.92 Å². The van der Waals surface area contributed by atoms with Crippen molar-refractivity contribution in [3.8, 4) is 0 Å². The van der Waals surface area contributed by atoms with Crippen LogP contribution in [0.5, 0.6) is 0 Å². The quantitative estimate of drug-likeness (QED) is 0.614. The first-order chi connectivity index (χ1) is 7.19. The molecule has 0 aliphatic rings. The van der Waals surface area contributed by atoms with Crippen LogP contribution in [0.25, 0.3) is 0 Å². The zero-order chi connectivity index (χ0) is 11.3. The molecule has 1 aromatic rings. The molecule has 0 atom stereocenters. The van der Waals surface area contributed by atoms with Crippen LogP contribution in [0.2, 0.25) is 0 Å². The topological polar surface area (TPSA) is 69.7 Å². The first kappa shape index (κ1) is 11.8. The lowest BCUT2D eigenvalue weighted by Gasteiger charge is -2.23. The molecule has 84 valence electrons. The first-order valence-corrected chi connectivity index (χ1v) is 5.02. The highest BCUT2D eigenvalue weighted by atomic mass is 16.3. The Hall–Kier alpha value is -1.26. The summed E-state index contributed by atoms with van der Waals surface area (Å²) in [5.74, 6) is 0. The molecule has 0 bridgehead atoms. The molecule has 0 saturated carbocycles. The third-order valence-corrected chi connectivity index (χ3v) is 2.36. The van der Waals surface area contributed by atoms with Gasteiger partial charge in [-0.05, 0) is 30.7 Å². The van der Waals surface area contributed by atoms with Gasteiger partial charge in [0.15, 0.2) is 0 Å². The molecule has 1 rings (SSSR count). The molecular weight excluding hydrogens is 192 g/mol. The van der Waals surface area contributed by atoms with Crippen molar-refractivity contribution in [1.29, 1.82) is 0 Å². The van der Waals surface area contributed by atoms with Crippen LogP contribution in [0.3, 0.4) is 0 Å². The lowest BCUT2D eigenvalue weighted by Crippen LogP contribution is -2.29. The van der Waals surface area contributed by atoms with Gasteiger partial charge in [-0.1, -0.05) is 0 Å². The van der Waals surface area contributed by atoms with Crippen molar-refractivity contribution in [2.75, 3.05) is 36.9 Å². The summed E-state index contributed by atoms with van der Waals surface area (Å²) in [7, 11) is 0. The van der Waals surface area contributed by atoms with Crippen LogP contribution in [-0.4, -0.2) is 36.5 Å². The van der Waals surface area contributed by atoms with Gasteiger partial charge in [0.25, 0.3) is 0 Å². The van der Waals surface area contributed by atoms with Crippen molar-refractivity contribution in [2.45, 2.75) is 6.92 Å². The number of nitrogens with two attached hydrogens (primary N) is 1. The standard InChI is InChI=1S/C11H18N2O2/c1-9-8-10(2-3-11(9)12)13(4-6-14)5-7-15/h2-3,8,14-15H,4-7,12H2,1H3. The highest BCUT2D eigenvalue weighted by Gasteiger charge is 2.05. The number of benzene rings is 1. The van der Waals surface area contributed by atoms with E-state index in [0.29, 0.717) is 13.1 Å². The van der Waals surface area contributed by atoms with Crippen molar-refractivity contribution in [3.05, 3.63) is 23.8 Å². The number of rotatable bonds is 5. The van der Waals surface area contributed by atoms with Crippen LogP contribution in [0.1, 0.15) is 5.56 Å². The van der Waals surface area contributed by atoms with E-state index in [1.165, 1.54) is 0 Å². The molecule has 15 heavy (non-hydrogen) atoms. The Morgan fingerprint density at radius 1 is 1.20 bits per heavy atom. The molecule has 4 N–H and O–H groups in total. The van der Waals surface area contributed by atoms with Gasteiger partial charge in [0, 0.05) is 24.5 Å². The van der Waals surface area contributed by atoms with Gasteiger partial charge in [0.05, 0.1) is 13.2 Å². The van der Waals surface area contributed by atoms with Gasteiger partial charge in [-0.3, -0.25) is 0 Å². The predicted molar refractivity (Wildman–Crippen MR) is 62.0 cm³/mol. The minimum Gasteiger partial charge on any atom is -0.399 e. The summed E-state index contributed by atoms with van der Waals surface area (Å²) in [5.41, 5.74) is 8.46. The van der Waals surface area contributed by atoms with E-state index in [2.05, 4.69) is 0 Å². The molecule has 0 aliphatic heterocycles. The summed E-state index contributed by atoms with van der Waals surface area (Å²) < 4.78 is 0. The van der Waals surface area contributed by atoms with E-state index >= 15 is 0 Å². The highest BCUT2D eigenvalue weighted by Crippen LogP contribution is 2.20. The molecule has 0 heterocycles. The van der Waals surface area contributed by atoms with Gasteiger partial charge in [-0.2, -0.15) is 0 Å². The summed E-state index contributed by atoms with van der Waals surface area (Å²) in [6.45, 7) is 3.12. The summed E-state index contributed by atoms with van der Waals surface area (Å²) >= 11 is 0. The zero-order valence-corrected chi connectivity index (χ0v) is 8.98. The fourth-order valence-corrected chi connectivity index (χ4v) is 1.47. The maximum absolute atomic E-state index is 8.90. The van der Waals surface area contributed by atoms with Crippen LogP contribution >= 0.6 is 0 Å². The Labute approximate surface area is 89.9 Å². The Kier molecular flexibility index (Phi) is 4.39. The minimum atomic E-state index is 0.0728. The van der Waals surface area contributed by atoms with E-state index in [4.69, 9.17) is 15.9 Å². The largest absolute Gasteiger partial charge is 0.399 e. The van der Waals surface area contributed by atoms with Gasteiger partial charge in [-0.15, -0.1) is 0 Å². The Morgan fingerprint density at radius 2 is 1.80 bits per heavy atom. The van der Waals surface area contributed by atoms with E-state index in [9.17, 15) is 0 Å². The average Bonchev–Trinajstić information content (AvgIpc) is 2.22. The third-order valence-electron chi connectivity index (χ3n) is 2.36. The van der Waals surface area contributed by atoms with Gasteiger partial charge in [0.1, 0.15) is 0 Å².